The summed E-state index contributed by atoms with van der Waals surface area (Å²) in [4.78, 5) is 0. The molecule has 0 aromatic carbocycles. The molecule has 0 aliphatic heterocycles. The van der Waals surface area contributed by atoms with E-state index < -0.39 is 0 Å². The Morgan fingerprint density at radius 2 is 2.44 bits per heavy atom. The molecule has 1 aliphatic rings. The minimum Gasteiger partial charge on any atom is -0.0825 e. The number of hydrogen-bond donors (Lipinski definition) is 0. The van der Waals surface area contributed by atoms with E-state index in [1.54, 1.807) is 5.57 Å². The van der Waals surface area contributed by atoms with Crippen LogP contribution in [0.5, 0.6) is 0 Å². The molecule has 0 aromatic heterocycles. The van der Waals surface area contributed by atoms with Gasteiger partial charge in [0.2, 0.25) is 0 Å². The second kappa shape index (κ2) is 3.05. The summed E-state index contributed by atoms with van der Waals surface area (Å²) in [7, 11) is 0. The van der Waals surface area contributed by atoms with Crippen molar-refractivity contribution in [2.45, 2.75) is 39.5 Å². The first-order chi connectivity index (χ1) is 4.33. The van der Waals surface area contributed by atoms with E-state index in [1.807, 2.05) is 0 Å². The maximum atomic E-state index is 2.45. The summed E-state index contributed by atoms with van der Waals surface area (Å²) >= 11 is 0. The van der Waals surface area contributed by atoms with E-state index in [0.717, 1.165) is 5.92 Å². The largest absolute Gasteiger partial charge is 0.0825 e. The Bertz CT molecular complexity index is 111. The predicted octanol–water partition coefficient (Wildman–Crippen LogP) is 3.14. The highest BCUT2D eigenvalue weighted by atomic mass is 14.1. The van der Waals surface area contributed by atoms with Gasteiger partial charge in [-0.05, 0) is 38.5 Å². The quantitative estimate of drug-likeness (QED) is 0.471. The fourth-order valence-electron chi connectivity index (χ4n) is 1.53. The molecule has 0 spiro atoms. The van der Waals surface area contributed by atoms with Crippen LogP contribution in [0.3, 0.4) is 0 Å². The molecule has 0 heterocycles. The van der Waals surface area contributed by atoms with Gasteiger partial charge in [-0.3, -0.25) is 0 Å². The molecule has 52 valence electrons. The fraction of sp³-hybridized carbons (Fsp3) is 0.778. The van der Waals surface area contributed by atoms with Gasteiger partial charge in [0.05, 0.1) is 0 Å². The van der Waals surface area contributed by atoms with E-state index in [0.29, 0.717) is 0 Å². The topological polar surface area (TPSA) is 0 Å². The van der Waals surface area contributed by atoms with Gasteiger partial charge >= 0.3 is 0 Å². The van der Waals surface area contributed by atoms with Crippen molar-refractivity contribution in [3.05, 3.63) is 11.6 Å². The average molecular weight is 124 g/mol. The minimum atomic E-state index is 0.902. The third kappa shape index (κ3) is 1.85. The van der Waals surface area contributed by atoms with Crippen LogP contribution in [0.2, 0.25) is 0 Å². The van der Waals surface area contributed by atoms with Crippen LogP contribution < -0.4 is 0 Å². The van der Waals surface area contributed by atoms with Gasteiger partial charge in [-0.15, -0.1) is 0 Å². The zero-order valence-corrected chi connectivity index (χ0v) is 6.48. The Balaban J connectivity index is 2.47. The van der Waals surface area contributed by atoms with E-state index in [1.165, 1.54) is 25.7 Å². The summed E-state index contributed by atoms with van der Waals surface area (Å²) in [6, 6.07) is 0. The summed E-state index contributed by atoms with van der Waals surface area (Å²) < 4.78 is 0. The van der Waals surface area contributed by atoms with Crippen molar-refractivity contribution in [1.82, 2.24) is 0 Å². The monoisotopic (exact) mass is 124 g/mol. The van der Waals surface area contributed by atoms with Gasteiger partial charge in [0, 0.05) is 0 Å². The molecule has 0 radical (unpaired) electrons. The summed E-state index contributed by atoms with van der Waals surface area (Å²) in [5.74, 6) is 0.902. The lowest BCUT2D eigenvalue weighted by Gasteiger charge is -2.16. The van der Waals surface area contributed by atoms with Crippen molar-refractivity contribution >= 4 is 0 Å². The zero-order chi connectivity index (χ0) is 6.69. The van der Waals surface area contributed by atoms with Crippen LogP contribution in [0.1, 0.15) is 39.5 Å². The molecule has 0 fully saturated rings. The molecule has 0 heteroatoms. The van der Waals surface area contributed by atoms with Crippen molar-refractivity contribution in [3.63, 3.8) is 0 Å². The third-order valence-corrected chi connectivity index (χ3v) is 2.19. The molecule has 1 aliphatic carbocycles. The van der Waals surface area contributed by atoms with Crippen LogP contribution in [0.25, 0.3) is 0 Å². The van der Waals surface area contributed by atoms with Gasteiger partial charge in [0.25, 0.3) is 0 Å². The van der Waals surface area contributed by atoms with Gasteiger partial charge in [0.1, 0.15) is 0 Å². The third-order valence-electron chi connectivity index (χ3n) is 2.19. The lowest BCUT2D eigenvalue weighted by atomic mass is 9.90. The van der Waals surface area contributed by atoms with Crippen molar-refractivity contribution in [1.29, 1.82) is 0 Å². The molecule has 9 heavy (non-hydrogen) atoms. The molecule has 0 saturated carbocycles. The van der Waals surface area contributed by atoms with Gasteiger partial charge in [0.15, 0.2) is 0 Å². The number of rotatable bonds is 1. The van der Waals surface area contributed by atoms with E-state index in [-0.39, 0.29) is 0 Å². The molecule has 0 saturated heterocycles. The van der Waals surface area contributed by atoms with Crippen LogP contribution in [0.15, 0.2) is 11.6 Å². The summed E-state index contributed by atoms with van der Waals surface area (Å²) in [6.07, 6.45) is 7.96. The Morgan fingerprint density at radius 1 is 1.67 bits per heavy atom. The van der Waals surface area contributed by atoms with Gasteiger partial charge < -0.3 is 0 Å². The Kier molecular flexibility index (Phi) is 2.32. The Morgan fingerprint density at radius 3 is 2.89 bits per heavy atom. The van der Waals surface area contributed by atoms with E-state index in [9.17, 15) is 0 Å². The van der Waals surface area contributed by atoms with E-state index in [4.69, 9.17) is 0 Å². The highest BCUT2D eigenvalue weighted by molar-refractivity contribution is 5.04. The van der Waals surface area contributed by atoms with Crippen LogP contribution in [0.4, 0.5) is 0 Å². The van der Waals surface area contributed by atoms with Gasteiger partial charge in [-0.2, -0.15) is 0 Å². The fourth-order valence-corrected chi connectivity index (χ4v) is 1.53. The summed E-state index contributed by atoms with van der Waals surface area (Å²) in [6.45, 7) is 4.53. The maximum Gasteiger partial charge on any atom is -0.0233 e. The Hall–Kier alpha value is -0.260. The van der Waals surface area contributed by atoms with Crippen molar-refractivity contribution in [2.75, 3.05) is 0 Å². The molecule has 0 bridgehead atoms. The van der Waals surface area contributed by atoms with Crippen molar-refractivity contribution < 1.29 is 0 Å². The lowest BCUT2D eigenvalue weighted by Crippen LogP contribution is -2.01. The molecule has 1 atom stereocenters. The summed E-state index contributed by atoms with van der Waals surface area (Å²) in [5.41, 5.74) is 1.60. The number of allylic oxidation sites excluding steroid dienone is 2. The van der Waals surface area contributed by atoms with Crippen LogP contribution in [0, 0.1) is 5.92 Å². The minimum absolute atomic E-state index is 0.902. The first-order valence-electron chi connectivity index (χ1n) is 4.00. The summed E-state index contributed by atoms with van der Waals surface area (Å²) in [5, 5.41) is 0. The molecule has 0 N–H and O–H groups in total. The normalized spacial score (nSPS) is 27.8. The van der Waals surface area contributed by atoms with Gasteiger partial charge in [-0.1, -0.05) is 18.6 Å². The molecule has 0 aromatic rings. The van der Waals surface area contributed by atoms with Crippen molar-refractivity contribution in [2.24, 2.45) is 5.92 Å². The lowest BCUT2D eigenvalue weighted by molar-refractivity contribution is 0.515. The average Bonchev–Trinajstić information content (AvgIpc) is 1.88. The number of hydrogen-bond acceptors (Lipinski definition) is 0. The second-order valence-corrected chi connectivity index (χ2v) is 3.07. The zero-order valence-electron chi connectivity index (χ0n) is 6.48. The van der Waals surface area contributed by atoms with E-state index >= 15 is 0 Å². The predicted molar refractivity (Wildman–Crippen MR) is 41.4 cm³/mol. The highest BCUT2D eigenvalue weighted by Crippen LogP contribution is 2.24. The van der Waals surface area contributed by atoms with E-state index in [2.05, 4.69) is 19.9 Å². The van der Waals surface area contributed by atoms with Gasteiger partial charge in [-0.25, -0.2) is 0 Å². The molecule has 0 nitrogen and oxygen atoms in total. The first-order valence-corrected chi connectivity index (χ1v) is 4.00. The van der Waals surface area contributed by atoms with Crippen LogP contribution >= 0.6 is 0 Å². The molecule has 1 unspecified atom stereocenters. The molecule has 0 amide bonds. The maximum absolute atomic E-state index is 2.45. The first kappa shape index (κ1) is 6.85. The molecule has 1 rings (SSSR count). The second-order valence-electron chi connectivity index (χ2n) is 3.07. The highest BCUT2D eigenvalue weighted by Gasteiger charge is 2.07. The Labute approximate surface area is 58.0 Å². The van der Waals surface area contributed by atoms with Crippen LogP contribution in [-0.4, -0.2) is 0 Å². The standard InChI is InChI=1S/C9H16/c1-3-9-6-4-5-8(2)7-9/h7,9H,3-6H2,1-2H3. The molecular weight excluding hydrogens is 108 g/mol. The SMILES string of the molecule is CCC1C=C(C)CCC1. The van der Waals surface area contributed by atoms with Crippen LogP contribution in [-0.2, 0) is 0 Å². The smallest absolute Gasteiger partial charge is 0.0233 e. The van der Waals surface area contributed by atoms with Crippen molar-refractivity contribution in [3.8, 4) is 0 Å². The molecular formula is C9H16.